The highest BCUT2D eigenvalue weighted by atomic mass is 79.9. The van der Waals surface area contributed by atoms with Crippen molar-refractivity contribution in [2.45, 2.75) is 6.04 Å². The van der Waals surface area contributed by atoms with E-state index in [4.69, 9.17) is 9.47 Å². The molecule has 1 aromatic heterocycles. The van der Waals surface area contributed by atoms with Gasteiger partial charge in [0, 0.05) is 5.56 Å². The van der Waals surface area contributed by atoms with Crippen LogP contribution in [-0.4, -0.2) is 36.0 Å². The van der Waals surface area contributed by atoms with Crippen LogP contribution in [0.25, 0.3) is 16.0 Å². The van der Waals surface area contributed by atoms with Crippen molar-refractivity contribution in [1.82, 2.24) is 4.98 Å². The molecule has 2 heterocycles. The Hall–Kier alpha value is -3.76. The zero-order valence-corrected chi connectivity index (χ0v) is 21.4. The lowest BCUT2D eigenvalue weighted by molar-refractivity contribution is -0.132. The highest BCUT2D eigenvalue weighted by Crippen LogP contribution is 2.45. The van der Waals surface area contributed by atoms with Gasteiger partial charge in [-0.15, -0.1) is 0 Å². The van der Waals surface area contributed by atoms with Crippen LogP contribution in [0.1, 0.15) is 17.2 Å². The Balaban J connectivity index is 1.73. The SMILES string of the molecule is COc1cccc(C2/C(=C(\O)c3ccc(OC)c(Br)c3)C(=O)C(=O)N2c2nc3ccc(F)cc3s2)c1. The number of nitrogens with zero attached hydrogens (tertiary/aromatic N) is 2. The van der Waals surface area contributed by atoms with Gasteiger partial charge in [-0.1, -0.05) is 23.5 Å². The number of aromatic nitrogens is 1. The minimum absolute atomic E-state index is 0.101. The van der Waals surface area contributed by atoms with Crippen LogP contribution in [-0.2, 0) is 9.59 Å². The minimum atomic E-state index is -0.994. The molecule has 0 radical (unpaired) electrons. The number of fused-ring (bicyclic) bond motifs is 1. The monoisotopic (exact) mass is 568 g/mol. The van der Waals surface area contributed by atoms with Gasteiger partial charge in [-0.25, -0.2) is 9.37 Å². The predicted octanol–water partition coefficient (Wildman–Crippen LogP) is 5.84. The zero-order chi connectivity index (χ0) is 25.6. The summed E-state index contributed by atoms with van der Waals surface area (Å²) in [7, 11) is 3.02. The van der Waals surface area contributed by atoms with Crippen molar-refractivity contribution in [1.29, 1.82) is 0 Å². The maximum Gasteiger partial charge on any atom is 0.301 e. The summed E-state index contributed by atoms with van der Waals surface area (Å²) >= 11 is 4.47. The summed E-state index contributed by atoms with van der Waals surface area (Å²) in [6.07, 6.45) is 0. The molecular weight excluding hydrogens is 551 g/mol. The molecule has 0 saturated carbocycles. The van der Waals surface area contributed by atoms with E-state index in [1.54, 1.807) is 42.5 Å². The lowest BCUT2D eigenvalue weighted by atomic mass is 9.95. The third-order valence-electron chi connectivity index (χ3n) is 5.82. The number of thiazole rings is 1. The van der Waals surface area contributed by atoms with Gasteiger partial charge >= 0.3 is 5.91 Å². The van der Waals surface area contributed by atoms with E-state index >= 15 is 0 Å². The first-order valence-corrected chi connectivity index (χ1v) is 12.3. The standard InChI is InChI=1S/C26H18BrFN2O5S/c1-34-16-5-3-4-13(10-16)22-21(23(31)14-6-9-19(35-2)17(27)11-14)24(32)25(33)30(22)26-29-18-8-7-15(28)12-20(18)36-26/h3-12,22,31H,1-2H3/b23-21+. The van der Waals surface area contributed by atoms with E-state index in [1.807, 2.05) is 0 Å². The van der Waals surface area contributed by atoms with E-state index in [0.717, 1.165) is 11.3 Å². The lowest BCUT2D eigenvalue weighted by Crippen LogP contribution is -2.29. The Kier molecular flexibility index (Phi) is 6.23. The average molecular weight is 569 g/mol. The molecular formula is C26H18BrFN2O5S. The van der Waals surface area contributed by atoms with Gasteiger partial charge in [0.05, 0.1) is 40.5 Å². The fourth-order valence-corrected chi connectivity index (χ4v) is 5.67. The molecule has 182 valence electrons. The molecule has 0 bridgehead atoms. The second-order valence-corrected chi connectivity index (χ2v) is 9.77. The Morgan fingerprint density at radius 3 is 2.61 bits per heavy atom. The van der Waals surface area contributed by atoms with E-state index in [1.165, 1.54) is 37.3 Å². The quantitative estimate of drug-likeness (QED) is 0.185. The van der Waals surface area contributed by atoms with Crippen LogP contribution >= 0.6 is 27.3 Å². The zero-order valence-electron chi connectivity index (χ0n) is 19.0. The van der Waals surface area contributed by atoms with E-state index in [-0.39, 0.29) is 16.5 Å². The van der Waals surface area contributed by atoms with Crippen molar-refractivity contribution in [2.75, 3.05) is 19.1 Å². The molecule has 4 aromatic rings. The third-order valence-corrected chi connectivity index (χ3v) is 7.46. The smallest absolute Gasteiger partial charge is 0.301 e. The summed E-state index contributed by atoms with van der Waals surface area (Å²) in [6.45, 7) is 0. The second kappa shape index (κ2) is 9.36. The molecule has 1 unspecified atom stereocenters. The van der Waals surface area contributed by atoms with Gasteiger partial charge in [-0.2, -0.15) is 0 Å². The maximum absolute atomic E-state index is 13.8. The van der Waals surface area contributed by atoms with Gasteiger partial charge in [0.25, 0.3) is 5.78 Å². The van der Waals surface area contributed by atoms with E-state index in [0.29, 0.717) is 37.3 Å². The van der Waals surface area contributed by atoms with Crippen molar-refractivity contribution < 1.29 is 28.6 Å². The molecule has 1 N–H and O–H groups in total. The van der Waals surface area contributed by atoms with Crippen molar-refractivity contribution in [2.24, 2.45) is 0 Å². The highest BCUT2D eigenvalue weighted by Gasteiger charge is 2.48. The molecule has 7 nitrogen and oxygen atoms in total. The molecule has 36 heavy (non-hydrogen) atoms. The first-order chi connectivity index (χ1) is 17.3. The van der Waals surface area contributed by atoms with Gasteiger partial charge < -0.3 is 14.6 Å². The van der Waals surface area contributed by atoms with Crippen molar-refractivity contribution in [3.8, 4) is 11.5 Å². The number of amides is 1. The molecule has 1 aliphatic heterocycles. The fraction of sp³-hybridized carbons (Fsp3) is 0.115. The summed E-state index contributed by atoms with van der Waals surface area (Å²) in [5.41, 5.74) is 1.24. The van der Waals surface area contributed by atoms with Gasteiger partial charge in [0.15, 0.2) is 5.13 Å². The Morgan fingerprint density at radius 1 is 1.08 bits per heavy atom. The second-order valence-electron chi connectivity index (χ2n) is 7.90. The molecule has 1 amide bonds. The van der Waals surface area contributed by atoms with Gasteiger partial charge in [-0.3, -0.25) is 14.5 Å². The maximum atomic E-state index is 13.8. The number of halogens is 2. The van der Waals surface area contributed by atoms with Crippen LogP contribution in [0, 0.1) is 5.82 Å². The molecule has 10 heteroatoms. The third kappa shape index (κ3) is 4.02. The molecule has 1 atom stereocenters. The number of aliphatic hydroxyl groups is 1. The molecule has 1 fully saturated rings. The normalized spacial score (nSPS) is 17.1. The molecule has 3 aromatic carbocycles. The van der Waals surface area contributed by atoms with Crippen LogP contribution in [0.3, 0.4) is 0 Å². The number of hydrogen-bond acceptors (Lipinski definition) is 7. The Bertz CT molecular complexity index is 1570. The molecule has 1 saturated heterocycles. The van der Waals surface area contributed by atoms with Crippen LogP contribution in [0.15, 0.2) is 70.7 Å². The van der Waals surface area contributed by atoms with Gasteiger partial charge in [0.1, 0.15) is 23.1 Å². The number of benzene rings is 3. The van der Waals surface area contributed by atoms with E-state index < -0.39 is 23.5 Å². The van der Waals surface area contributed by atoms with Crippen molar-refractivity contribution in [3.63, 3.8) is 0 Å². The van der Waals surface area contributed by atoms with Crippen LogP contribution < -0.4 is 14.4 Å². The van der Waals surface area contributed by atoms with Crippen LogP contribution in [0.5, 0.6) is 11.5 Å². The number of anilines is 1. The fourth-order valence-electron chi connectivity index (χ4n) is 4.12. The first-order valence-electron chi connectivity index (χ1n) is 10.7. The largest absolute Gasteiger partial charge is 0.507 e. The first kappa shape index (κ1) is 24.0. The molecule has 1 aliphatic rings. The number of hydrogen-bond donors (Lipinski definition) is 1. The van der Waals surface area contributed by atoms with Gasteiger partial charge in [-0.05, 0) is 70.0 Å². The summed E-state index contributed by atoms with van der Waals surface area (Å²) in [4.78, 5) is 32.5. The summed E-state index contributed by atoms with van der Waals surface area (Å²) in [5.74, 6) is -1.45. The number of Topliss-reactive ketones (excluding diaryl/α,β-unsaturated/α-hetero) is 1. The predicted molar refractivity (Wildman–Crippen MR) is 138 cm³/mol. The summed E-state index contributed by atoms with van der Waals surface area (Å²) < 4.78 is 25.5. The number of rotatable bonds is 5. The Labute approximate surface area is 217 Å². The molecule has 0 spiro atoms. The van der Waals surface area contributed by atoms with Crippen LogP contribution in [0.2, 0.25) is 0 Å². The van der Waals surface area contributed by atoms with E-state index in [2.05, 4.69) is 20.9 Å². The molecule has 0 aliphatic carbocycles. The lowest BCUT2D eigenvalue weighted by Gasteiger charge is -2.23. The number of aliphatic hydroxyl groups excluding tert-OH is 1. The number of methoxy groups -OCH3 is 2. The van der Waals surface area contributed by atoms with Gasteiger partial charge in [0.2, 0.25) is 0 Å². The Morgan fingerprint density at radius 2 is 1.89 bits per heavy atom. The minimum Gasteiger partial charge on any atom is -0.507 e. The summed E-state index contributed by atoms with van der Waals surface area (Å²) in [5, 5.41) is 11.5. The topological polar surface area (TPSA) is 89.0 Å². The van der Waals surface area contributed by atoms with Crippen LogP contribution in [0.4, 0.5) is 9.52 Å². The number of ketones is 1. The van der Waals surface area contributed by atoms with Crippen molar-refractivity contribution in [3.05, 3.63) is 87.7 Å². The number of carbonyl (C=O) groups excluding carboxylic acids is 2. The number of ether oxygens (including phenoxy) is 2. The van der Waals surface area contributed by atoms with E-state index in [9.17, 15) is 19.1 Å². The summed E-state index contributed by atoms with van der Waals surface area (Å²) in [6, 6.07) is 14.8. The van der Waals surface area contributed by atoms with Crippen molar-refractivity contribution >= 4 is 60.1 Å². The average Bonchev–Trinajstić information content (AvgIpc) is 3.41. The highest BCUT2D eigenvalue weighted by molar-refractivity contribution is 9.10. The molecule has 5 rings (SSSR count). The number of carbonyl (C=O) groups is 2.